The Bertz CT molecular complexity index is 813. The van der Waals surface area contributed by atoms with Crippen molar-refractivity contribution in [3.8, 4) is 0 Å². The number of thioether (sulfide) groups is 1. The summed E-state index contributed by atoms with van der Waals surface area (Å²) in [7, 11) is 0. The molecule has 0 spiro atoms. The van der Waals surface area contributed by atoms with E-state index in [9.17, 15) is 14.4 Å². The van der Waals surface area contributed by atoms with Crippen molar-refractivity contribution in [3.05, 3.63) is 59.6 Å². The Kier molecular flexibility index (Phi) is 5.40. The first-order chi connectivity index (χ1) is 12.0. The van der Waals surface area contributed by atoms with Gasteiger partial charge in [0.1, 0.15) is 0 Å². The van der Waals surface area contributed by atoms with E-state index < -0.39 is 5.25 Å². The van der Waals surface area contributed by atoms with Crippen LogP contribution in [0.4, 0.5) is 11.4 Å². The molecule has 3 rings (SSSR count). The second-order valence-electron chi connectivity index (χ2n) is 5.47. The fraction of sp³-hybridized carbons (Fsp3) is 0.167. The number of para-hydroxylation sites is 1. The van der Waals surface area contributed by atoms with E-state index in [1.54, 1.807) is 48.5 Å². The van der Waals surface area contributed by atoms with E-state index >= 15 is 0 Å². The van der Waals surface area contributed by atoms with E-state index in [2.05, 4.69) is 5.32 Å². The van der Waals surface area contributed by atoms with Crippen molar-refractivity contribution in [2.24, 2.45) is 0 Å². The normalized spacial score (nSPS) is 17.0. The molecule has 128 valence electrons. The van der Waals surface area contributed by atoms with Crippen LogP contribution in [0.3, 0.4) is 0 Å². The Labute approximate surface area is 154 Å². The number of halogens is 1. The first kappa shape index (κ1) is 17.5. The standard InChI is InChI=1S/C18H15ClN2O3S/c19-12-5-4-6-13(9-12)20-16(22)11-25-15-10-17(23)21(18(15)24)14-7-2-1-3-8-14/h1-9,15H,10-11H2,(H,20,22). The van der Waals surface area contributed by atoms with Gasteiger partial charge in [-0.25, -0.2) is 4.90 Å². The third-order valence-electron chi connectivity index (χ3n) is 3.64. The number of nitrogens with zero attached hydrogens (tertiary/aromatic N) is 1. The fourth-order valence-corrected chi connectivity index (χ4v) is 3.65. The summed E-state index contributed by atoms with van der Waals surface area (Å²) in [4.78, 5) is 37.8. The number of nitrogens with one attached hydrogen (secondary N) is 1. The Balaban J connectivity index is 1.58. The number of carbonyl (C=O) groups excluding carboxylic acids is 3. The van der Waals surface area contributed by atoms with Crippen molar-refractivity contribution in [1.29, 1.82) is 0 Å². The van der Waals surface area contributed by atoms with Gasteiger partial charge in [0.05, 0.1) is 16.7 Å². The van der Waals surface area contributed by atoms with Crippen LogP contribution in [0.5, 0.6) is 0 Å². The number of carbonyl (C=O) groups is 3. The number of hydrogen-bond donors (Lipinski definition) is 1. The number of anilines is 2. The maximum Gasteiger partial charge on any atom is 0.247 e. The van der Waals surface area contributed by atoms with Crippen LogP contribution in [0.25, 0.3) is 0 Å². The molecule has 1 unspecified atom stereocenters. The van der Waals surface area contributed by atoms with Gasteiger partial charge in [-0.2, -0.15) is 0 Å². The van der Waals surface area contributed by atoms with E-state index in [-0.39, 0.29) is 29.9 Å². The van der Waals surface area contributed by atoms with Crippen LogP contribution >= 0.6 is 23.4 Å². The maximum absolute atomic E-state index is 12.5. The van der Waals surface area contributed by atoms with Crippen molar-refractivity contribution in [2.75, 3.05) is 16.0 Å². The van der Waals surface area contributed by atoms with Gasteiger partial charge in [-0.1, -0.05) is 35.9 Å². The summed E-state index contributed by atoms with van der Waals surface area (Å²) in [6.07, 6.45) is 0.100. The van der Waals surface area contributed by atoms with E-state index in [0.717, 1.165) is 0 Å². The minimum Gasteiger partial charge on any atom is -0.325 e. The molecule has 7 heteroatoms. The van der Waals surface area contributed by atoms with Crippen molar-refractivity contribution in [3.63, 3.8) is 0 Å². The second kappa shape index (κ2) is 7.72. The zero-order valence-electron chi connectivity index (χ0n) is 13.1. The zero-order valence-corrected chi connectivity index (χ0v) is 14.7. The molecule has 0 aliphatic carbocycles. The molecule has 25 heavy (non-hydrogen) atoms. The fourth-order valence-electron chi connectivity index (χ4n) is 2.52. The summed E-state index contributed by atoms with van der Waals surface area (Å²) in [5.74, 6) is -0.690. The number of rotatable bonds is 5. The third-order valence-corrected chi connectivity index (χ3v) is 5.08. The van der Waals surface area contributed by atoms with Crippen LogP contribution in [0.1, 0.15) is 6.42 Å². The molecule has 0 aromatic heterocycles. The van der Waals surface area contributed by atoms with Crippen LogP contribution < -0.4 is 10.2 Å². The van der Waals surface area contributed by atoms with Crippen molar-refractivity contribution >= 4 is 52.5 Å². The van der Waals surface area contributed by atoms with Crippen LogP contribution in [0, 0.1) is 0 Å². The largest absolute Gasteiger partial charge is 0.325 e. The number of imide groups is 1. The predicted molar refractivity (Wildman–Crippen MR) is 99.9 cm³/mol. The zero-order chi connectivity index (χ0) is 17.8. The van der Waals surface area contributed by atoms with Gasteiger partial charge in [-0.15, -0.1) is 11.8 Å². The minimum absolute atomic E-state index is 0.0822. The molecular formula is C18H15ClN2O3S. The lowest BCUT2D eigenvalue weighted by molar-refractivity contribution is -0.121. The van der Waals surface area contributed by atoms with Gasteiger partial charge in [0.2, 0.25) is 17.7 Å². The number of amides is 3. The number of hydrogen-bond acceptors (Lipinski definition) is 4. The lowest BCUT2D eigenvalue weighted by Gasteiger charge is -2.14. The molecule has 1 aliphatic rings. The molecule has 0 bridgehead atoms. The first-order valence-electron chi connectivity index (χ1n) is 7.63. The molecule has 1 N–H and O–H groups in total. The molecule has 1 heterocycles. The van der Waals surface area contributed by atoms with Crippen LogP contribution in [-0.4, -0.2) is 28.7 Å². The van der Waals surface area contributed by atoms with Crippen molar-refractivity contribution in [2.45, 2.75) is 11.7 Å². The molecular weight excluding hydrogens is 360 g/mol. The third kappa shape index (κ3) is 4.21. The Hall–Kier alpha value is -2.31. The highest BCUT2D eigenvalue weighted by atomic mass is 35.5. The summed E-state index contributed by atoms with van der Waals surface area (Å²) in [5.41, 5.74) is 1.15. The molecule has 3 amide bonds. The monoisotopic (exact) mass is 374 g/mol. The van der Waals surface area contributed by atoms with Gasteiger partial charge in [-0.3, -0.25) is 14.4 Å². The van der Waals surface area contributed by atoms with E-state index in [1.807, 2.05) is 6.07 Å². The molecule has 5 nitrogen and oxygen atoms in total. The lowest BCUT2D eigenvalue weighted by atomic mass is 10.3. The molecule has 1 atom stereocenters. The molecule has 1 fully saturated rings. The molecule has 2 aromatic rings. The molecule has 0 radical (unpaired) electrons. The van der Waals surface area contributed by atoms with E-state index in [0.29, 0.717) is 16.4 Å². The van der Waals surface area contributed by atoms with Crippen molar-refractivity contribution in [1.82, 2.24) is 0 Å². The predicted octanol–water partition coefficient (Wildman–Crippen LogP) is 3.34. The van der Waals surface area contributed by atoms with Gasteiger partial charge in [0.15, 0.2) is 0 Å². The van der Waals surface area contributed by atoms with Gasteiger partial charge >= 0.3 is 0 Å². The van der Waals surface area contributed by atoms with Crippen LogP contribution in [0.15, 0.2) is 54.6 Å². The summed E-state index contributed by atoms with van der Waals surface area (Å²) < 4.78 is 0. The summed E-state index contributed by atoms with van der Waals surface area (Å²) >= 11 is 7.04. The maximum atomic E-state index is 12.5. The van der Waals surface area contributed by atoms with Crippen molar-refractivity contribution < 1.29 is 14.4 Å². The topological polar surface area (TPSA) is 66.5 Å². The molecule has 2 aromatic carbocycles. The lowest BCUT2D eigenvalue weighted by Crippen LogP contribution is -2.31. The minimum atomic E-state index is -0.544. The molecule has 1 aliphatic heterocycles. The van der Waals surface area contributed by atoms with Crippen LogP contribution in [-0.2, 0) is 14.4 Å². The Morgan fingerprint density at radius 1 is 1.16 bits per heavy atom. The Morgan fingerprint density at radius 3 is 2.64 bits per heavy atom. The smallest absolute Gasteiger partial charge is 0.247 e. The Morgan fingerprint density at radius 2 is 1.92 bits per heavy atom. The average Bonchev–Trinajstić information content (AvgIpc) is 2.87. The highest BCUT2D eigenvalue weighted by molar-refractivity contribution is 8.01. The number of benzene rings is 2. The van der Waals surface area contributed by atoms with Gasteiger partial charge in [0.25, 0.3) is 0 Å². The van der Waals surface area contributed by atoms with Crippen LogP contribution in [0.2, 0.25) is 5.02 Å². The quantitative estimate of drug-likeness (QED) is 0.815. The average molecular weight is 375 g/mol. The van der Waals surface area contributed by atoms with E-state index in [4.69, 9.17) is 11.6 Å². The van der Waals surface area contributed by atoms with E-state index in [1.165, 1.54) is 16.7 Å². The second-order valence-corrected chi connectivity index (χ2v) is 7.09. The van der Waals surface area contributed by atoms with Gasteiger partial charge < -0.3 is 5.32 Å². The van der Waals surface area contributed by atoms with Gasteiger partial charge in [-0.05, 0) is 30.3 Å². The summed E-state index contributed by atoms with van der Waals surface area (Å²) in [6.45, 7) is 0. The summed E-state index contributed by atoms with van der Waals surface area (Å²) in [6, 6.07) is 15.6. The SMILES string of the molecule is O=C(CSC1CC(=O)N(c2ccccc2)C1=O)Nc1cccc(Cl)c1. The van der Waals surface area contributed by atoms with Gasteiger partial charge in [0, 0.05) is 17.1 Å². The molecule has 1 saturated heterocycles. The highest BCUT2D eigenvalue weighted by Crippen LogP contribution is 2.29. The molecule has 0 saturated carbocycles. The highest BCUT2D eigenvalue weighted by Gasteiger charge is 2.39. The first-order valence-corrected chi connectivity index (χ1v) is 9.06. The summed E-state index contributed by atoms with van der Waals surface area (Å²) in [5, 5.41) is 2.71.